The molecule has 0 radical (unpaired) electrons. The van der Waals surface area contributed by atoms with Gasteiger partial charge in [-0.1, -0.05) is 152 Å². The van der Waals surface area contributed by atoms with Gasteiger partial charge in [0.05, 0.1) is 65.1 Å². The van der Waals surface area contributed by atoms with Crippen LogP contribution in [0.5, 0.6) is 0 Å². The first-order chi connectivity index (χ1) is 31.7. The largest absolute Gasteiger partial charge is 0.309 e. The summed E-state index contributed by atoms with van der Waals surface area (Å²) in [5, 5.41) is 7.28. The Labute approximate surface area is 371 Å². The van der Waals surface area contributed by atoms with E-state index < -0.39 is 16.2 Å². The Bertz CT molecular complexity index is 4070. The van der Waals surface area contributed by atoms with Crippen molar-refractivity contribution in [1.29, 1.82) is 0 Å². The summed E-state index contributed by atoms with van der Waals surface area (Å²) >= 11 is 0. The van der Waals surface area contributed by atoms with Crippen molar-refractivity contribution >= 4 is 82.2 Å². The van der Waals surface area contributed by atoms with Crippen molar-refractivity contribution in [3.05, 3.63) is 235 Å². The predicted octanol–water partition coefficient (Wildman–Crippen LogP) is 14.7. The smallest absolute Gasteiger partial charge is 0.0898 e. The summed E-state index contributed by atoms with van der Waals surface area (Å²) in [5.74, 6) is 0. The van der Waals surface area contributed by atoms with Crippen molar-refractivity contribution in [3.63, 3.8) is 0 Å². The molecule has 5 heteroatoms. The second-order valence-electron chi connectivity index (χ2n) is 17.3. The van der Waals surface area contributed by atoms with Gasteiger partial charge >= 0.3 is 0 Å². The fraction of sp³-hybridized carbons (Fsp3) is 0.0169. The van der Waals surface area contributed by atoms with Crippen molar-refractivity contribution in [2.24, 2.45) is 0 Å². The Kier molecular flexibility index (Phi) is 6.67. The van der Waals surface area contributed by atoms with E-state index in [9.17, 15) is 0 Å². The van der Waals surface area contributed by atoms with Crippen LogP contribution in [0.1, 0.15) is 22.3 Å². The van der Waals surface area contributed by atoms with Crippen LogP contribution in [0, 0.1) is 0 Å². The van der Waals surface area contributed by atoms with Gasteiger partial charge in [0.1, 0.15) is 0 Å². The minimum Gasteiger partial charge on any atom is -0.309 e. The highest BCUT2D eigenvalue weighted by Crippen LogP contribution is 2.64. The van der Waals surface area contributed by atoms with E-state index in [2.05, 4.69) is 220 Å². The minimum absolute atomic E-state index is 0.644. The topological polar surface area (TPSA) is 30.2 Å². The van der Waals surface area contributed by atoms with Gasteiger partial charge in [0.25, 0.3) is 0 Å². The van der Waals surface area contributed by atoms with Gasteiger partial charge in [-0.25, -0.2) is 4.21 Å². The molecule has 0 fully saturated rings. The normalized spacial score (nSPS) is 16.7. The lowest BCUT2D eigenvalue weighted by Crippen LogP contribution is -2.33. The summed E-state index contributed by atoms with van der Waals surface area (Å²) < 4.78 is 20.5. The number of benzene rings is 10. The second-order valence-corrected chi connectivity index (χ2v) is 18.7. The minimum atomic E-state index is -1.48. The fourth-order valence-corrected chi connectivity index (χ4v) is 13.6. The molecule has 0 bridgehead atoms. The molecule has 2 atom stereocenters. The van der Waals surface area contributed by atoms with Crippen LogP contribution in [0.25, 0.3) is 76.9 Å². The first kappa shape index (κ1) is 34.6. The molecule has 2 aromatic heterocycles. The second kappa shape index (κ2) is 12.3. The summed E-state index contributed by atoms with van der Waals surface area (Å²) in [7, 11) is -1.48. The van der Waals surface area contributed by atoms with Crippen LogP contribution in [0.3, 0.4) is 0 Å². The average molecular weight is 834 g/mol. The van der Waals surface area contributed by atoms with E-state index in [1.807, 2.05) is 6.07 Å². The molecule has 0 amide bonds. The Hall–Kier alpha value is -7.99. The third kappa shape index (κ3) is 4.12. The molecule has 4 nitrogen and oxygen atoms in total. The Balaban J connectivity index is 1.03. The number of anilines is 3. The number of para-hydroxylation sites is 5. The molecule has 298 valence electrons. The van der Waals surface area contributed by atoms with Crippen molar-refractivity contribution in [2.75, 3.05) is 4.90 Å². The highest BCUT2D eigenvalue weighted by atomic mass is 32.2. The third-order valence-corrected chi connectivity index (χ3v) is 16.0. The van der Waals surface area contributed by atoms with E-state index in [0.29, 0.717) is 0 Å². The monoisotopic (exact) mass is 833 g/mol. The lowest BCUT2D eigenvalue weighted by Gasteiger charge is -2.40. The van der Waals surface area contributed by atoms with Crippen LogP contribution in [-0.2, 0) is 16.2 Å². The molecule has 64 heavy (non-hydrogen) atoms. The van der Waals surface area contributed by atoms with Gasteiger partial charge in [0.2, 0.25) is 0 Å². The molecule has 2 unspecified atom stereocenters. The summed E-state index contributed by atoms with van der Waals surface area (Å²) in [5.41, 5.74) is 16.4. The van der Waals surface area contributed by atoms with Crippen LogP contribution >= 0.6 is 0 Å². The molecule has 1 aliphatic carbocycles. The van der Waals surface area contributed by atoms with Crippen LogP contribution in [0.4, 0.5) is 17.1 Å². The molecule has 15 rings (SSSR count). The first-order valence-electron chi connectivity index (χ1n) is 21.9. The lowest BCUT2D eigenvalue weighted by atomic mass is 9.65. The molecule has 10 aromatic carbocycles. The fourth-order valence-electron chi connectivity index (χ4n) is 12.0. The Morgan fingerprint density at radius 1 is 0.391 bits per heavy atom. The maximum absolute atomic E-state index is 15.6. The van der Waals surface area contributed by atoms with E-state index in [1.54, 1.807) is 0 Å². The number of fused-ring (bicyclic) bond motifs is 20. The molecule has 3 aliphatic rings. The predicted molar refractivity (Wildman–Crippen MR) is 263 cm³/mol. The van der Waals surface area contributed by atoms with E-state index >= 15 is 4.21 Å². The van der Waals surface area contributed by atoms with Gasteiger partial charge < -0.3 is 14.0 Å². The van der Waals surface area contributed by atoms with Crippen LogP contribution in [0.15, 0.2) is 222 Å². The van der Waals surface area contributed by atoms with E-state index in [1.165, 1.54) is 76.8 Å². The SMILES string of the molecule is O=S1c2ccccc2N(c2ccc3c(c2)c2ccc4ccccc4c2n3-c2ccccc2)c2ccc3c(c21)-c1ccccc1C31c2ccccc2-n2c3ccccc3c3cccc1c32. The molecule has 1 spiro atoms. The summed E-state index contributed by atoms with van der Waals surface area (Å²) in [6.07, 6.45) is 0. The van der Waals surface area contributed by atoms with Crippen LogP contribution in [0.2, 0.25) is 0 Å². The average Bonchev–Trinajstić information content (AvgIpc) is 3.99. The van der Waals surface area contributed by atoms with Gasteiger partial charge in [-0.15, -0.1) is 0 Å². The zero-order chi connectivity index (χ0) is 41.8. The highest BCUT2D eigenvalue weighted by molar-refractivity contribution is 7.85. The highest BCUT2D eigenvalue weighted by Gasteiger charge is 2.52. The van der Waals surface area contributed by atoms with E-state index in [-0.39, 0.29) is 0 Å². The molecule has 0 N–H and O–H groups in total. The molecule has 12 aromatic rings. The van der Waals surface area contributed by atoms with Crippen molar-refractivity contribution < 1.29 is 4.21 Å². The number of rotatable bonds is 2. The zero-order valence-electron chi connectivity index (χ0n) is 34.4. The number of hydrogen-bond acceptors (Lipinski definition) is 2. The van der Waals surface area contributed by atoms with Gasteiger partial charge in [-0.3, -0.25) is 0 Å². The van der Waals surface area contributed by atoms with Crippen molar-refractivity contribution in [1.82, 2.24) is 9.13 Å². The molecular formula is C59H35N3OS. The standard InChI is InChI=1S/C59H35N3OS/c63-64-54-28-13-12-27-52(54)60(38-30-33-50-44(35-38)42-31-29-36-15-4-5-18-39(36)56(42)61(50)37-16-2-1-3-17-37)53-34-32-47-55(58(53)64)43-20-6-8-22-45(43)59(47)46-23-9-11-26-51(46)62-49-25-10-7-19-40(49)41-21-14-24-48(59)57(41)62/h1-35H. The summed E-state index contributed by atoms with van der Waals surface area (Å²) in [6, 6.07) is 77.1. The Morgan fingerprint density at radius 2 is 1.08 bits per heavy atom. The molecular weight excluding hydrogens is 799 g/mol. The van der Waals surface area contributed by atoms with Crippen LogP contribution < -0.4 is 4.90 Å². The molecule has 2 aliphatic heterocycles. The Morgan fingerprint density at radius 3 is 1.98 bits per heavy atom. The quantitative estimate of drug-likeness (QED) is 0.174. The van der Waals surface area contributed by atoms with Crippen LogP contribution in [-0.4, -0.2) is 13.3 Å². The van der Waals surface area contributed by atoms with Gasteiger partial charge in [-0.05, 0) is 93.9 Å². The van der Waals surface area contributed by atoms with E-state index in [0.717, 1.165) is 49.2 Å². The number of nitrogens with zero attached hydrogens (tertiary/aromatic N) is 3. The maximum Gasteiger partial charge on any atom is 0.0898 e. The zero-order valence-corrected chi connectivity index (χ0v) is 35.2. The van der Waals surface area contributed by atoms with E-state index in [4.69, 9.17) is 0 Å². The number of aromatic nitrogens is 2. The molecule has 0 saturated heterocycles. The summed E-state index contributed by atoms with van der Waals surface area (Å²) in [4.78, 5) is 4.03. The third-order valence-electron chi connectivity index (χ3n) is 14.4. The van der Waals surface area contributed by atoms with Crippen molar-refractivity contribution in [2.45, 2.75) is 15.2 Å². The molecule has 0 saturated carbocycles. The van der Waals surface area contributed by atoms with Crippen molar-refractivity contribution in [3.8, 4) is 22.5 Å². The van der Waals surface area contributed by atoms with Gasteiger partial charge in [-0.2, -0.15) is 0 Å². The van der Waals surface area contributed by atoms with Gasteiger partial charge in [0, 0.05) is 43.9 Å². The van der Waals surface area contributed by atoms with Gasteiger partial charge in [0.15, 0.2) is 0 Å². The molecule has 4 heterocycles. The maximum atomic E-state index is 15.6. The number of hydrogen-bond donors (Lipinski definition) is 0. The first-order valence-corrected chi connectivity index (χ1v) is 23.1. The lowest BCUT2D eigenvalue weighted by molar-refractivity contribution is 0.682. The summed E-state index contributed by atoms with van der Waals surface area (Å²) in [6.45, 7) is 0.